The third-order valence-electron chi connectivity index (χ3n) is 3.27. The number of carbonyl (C=O) groups is 3. The van der Waals surface area contributed by atoms with Gasteiger partial charge >= 0.3 is 5.97 Å². The fourth-order valence-electron chi connectivity index (χ4n) is 2.19. The Morgan fingerprint density at radius 2 is 1.75 bits per heavy atom. The lowest BCUT2D eigenvalue weighted by Gasteiger charge is -2.13. The quantitative estimate of drug-likeness (QED) is 0.679. The molecular weight excluding hydrogens is 308 g/mol. The summed E-state index contributed by atoms with van der Waals surface area (Å²) >= 11 is 0. The van der Waals surface area contributed by atoms with E-state index in [0.717, 1.165) is 12.0 Å². The topological polar surface area (TPSA) is 84.5 Å². The number of carbonyl (C=O) groups excluding carboxylic acids is 3. The molecule has 2 N–H and O–H groups in total. The van der Waals surface area contributed by atoms with Crippen LogP contribution in [0.15, 0.2) is 24.3 Å². The monoisotopic (exact) mass is 334 g/mol. The molecule has 0 bridgehead atoms. The molecule has 1 aromatic rings. The van der Waals surface area contributed by atoms with Gasteiger partial charge in [0.05, 0.1) is 19.4 Å². The third-order valence-corrected chi connectivity index (χ3v) is 3.27. The van der Waals surface area contributed by atoms with Gasteiger partial charge in [-0.05, 0) is 38.0 Å². The molecule has 1 rings (SSSR count). The van der Waals surface area contributed by atoms with Gasteiger partial charge < -0.3 is 15.4 Å². The van der Waals surface area contributed by atoms with E-state index in [1.165, 1.54) is 0 Å². The van der Waals surface area contributed by atoms with Crippen molar-refractivity contribution in [3.63, 3.8) is 0 Å². The highest BCUT2D eigenvalue weighted by molar-refractivity contribution is 5.90. The number of esters is 1. The van der Waals surface area contributed by atoms with Gasteiger partial charge in [-0.2, -0.15) is 0 Å². The summed E-state index contributed by atoms with van der Waals surface area (Å²) in [5, 5.41) is 5.57. The first-order valence-corrected chi connectivity index (χ1v) is 8.28. The van der Waals surface area contributed by atoms with Crippen LogP contribution in [0.2, 0.25) is 0 Å². The average Bonchev–Trinajstić information content (AvgIpc) is 2.49. The van der Waals surface area contributed by atoms with Crippen LogP contribution in [0, 0.1) is 0 Å². The van der Waals surface area contributed by atoms with Crippen LogP contribution in [0.4, 0.5) is 5.69 Å². The molecule has 0 radical (unpaired) electrons. The normalized spacial score (nSPS) is 11.5. The molecule has 24 heavy (non-hydrogen) atoms. The number of amides is 2. The first-order valence-electron chi connectivity index (χ1n) is 8.28. The van der Waals surface area contributed by atoms with E-state index in [2.05, 4.69) is 10.6 Å². The molecule has 0 aliphatic heterocycles. The minimum atomic E-state index is -0.322. The molecule has 2 amide bonds. The van der Waals surface area contributed by atoms with E-state index in [9.17, 15) is 14.4 Å². The molecule has 0 aliphatic carbocycles. The van der Waals surface area contributed by atoms with Crippen molar-refractivity contribution in [2.75, 3.05) is 11.9 Å². The number of hydrogen-bond donors (Lipinski definition) is 2. The maximum Gasteiger partial charge on any atom is 0.307 e. The standard InChI is InChI=1S/C18H26N2O4/c1-4-6-16(21)20-15-9-7-14(8-10-15)12-17(22)19-13(3)11-18(23)24-5-2/h7-10,13H,4-6,11-12H2,1-3H3,(H,19,22)(H,20,21)/t13-/m1/s1. The van der Waals surface area contributed by atoms with Crippen LogP contribution < -0.4 is 10.6 Å². The molecule has 0 aromatic heterocycles. The Kier molecular flexibility index (Phi) is 8.54. The maximum absolute atomic E-state index is 12.0. The van der Waals surface area contributed by atoms with Crippen LogP contribution in [-0.2, 0) is 25.5 Å². The Labute approximate surface area is 143 Å². The zero-order chi connectivity index (χ0) is 17.9. The number of hydrogen-bond acceptors (Lipinski definition) is 4. The second kappa shape index (κ2) is 10.4. The van der Waals surface area contributed by atoms with Gasteiger partial charge in [0.15, 0.2) is 0 Å². The van der Waals surface area contributed by atoms with E-state index < -0.39 is 0 Å². The van der Waals surface area contributed by atoms with Crippen LogP contribution in [0.5, 0.6) is 0 Å². The van der Waals surface area contributed by atoms with E-state index in [-0.39, 0.29) is 36.7 Å². The van der Waals surface area contributed by atoms with Gasteiger partial charge in [0.2, 0.25) is 11.8 Å². The van der Waals surface area contributed by atoms with Crippen LogP contribution in [0.3, 0.4) is 0 Å². The summed E-state index contributed by atoms with van der Waals surface area (Å²) in [6.45, 7) is 5.79. The minimum absolute atomic E-state index is 0.0178. The molecule has 132 valence electrons. The zero-order valence-electron chi connectivity index (χ0n) is 14.6. The van der Waals surface area contributed by atoms with Crippen LogP contribution in [-0.4, -0.2) is 30.4 Å². The summed E-state index contributed by atoms with van der Waals surface area (Å²) in [5.41, 5.74) is 1.55. The molecule has 0 heterocycles. The van der Waals surface area contributed by atoms with Crippen molar-refractivity contribution in [2.24, 2.45) is 0 Å². The van der Waals surface area contributed by atoms with Crippen molar-refractivity contribution in [2.45, 2.75) is 52.5 Å². The van der Waals surface area contributed by atoms with Gasteiger partial charge in [0, 0.05) is 18.2 Å². The molecule has 0 saturated carbocycles. The number of ether oxygens (including phenoxy) is 1. The molecule has 6 heteroatoms. The molecule has 6 nitrogen and oxygen atoms in total. The predicted octanol–water partition coefficient (Wildman–Crippen LogP) is 2.43. The Hall–Kier alpha value is -2.37. The van der Waals surface area contributed by atoms with Crippen molar-refractivity contribution >= 4 is 23.5 Å². The van der Waals surface area contributed by atoms with E-state index in [1.807, 2.05) is 6.92 Å². The second-order valence-electron chi connectivity index (χ2n) is 5.65. The highest BCUT2D eigenvalue weighted by Crippen LogP contribution is 2.11. The van der Waals surface area contributed by atoms with Crippen molar-refractivity contribution < 1.29 is 19.1 Å². The maximum atomic E-state index is 12.0. The van der Waals surface area contributed by atoms with Crippen LogP contribution in [0.1, 0.15) is 45.6 Å². The highest BCUT2D eigenvalue weighted by Gasteiger charge is 2.13. The summed E-state index contributed by atoms with van der Waals surface area (Å²) in [5.74, 6) is -0.497. The van der Waals surface area contributed by atoms with Gasteiger partial charge in [-0.3, -0.25) is 14.4 Å². The largest absolute Gasteiger partial charge is 0.466 e. The van der Waals surface area contributed by atoms with Crippen molar-refractivity contribution in [3.8, 4) is 0 Å². The first-order chi connectivity index (χ1) is 11.4. The SMILES string of the molecule is CCCC(=O)Nc1ccc(CC(=O)N[C@H](C)CC(=O)OCC)cc1. The summed E-state index contributed by atoms with van der Waals surface area (Å²) in [6, 6.07) is 6.88. The van der Waals surface area contributed by atoms with E-state index in [1.54, 1.807) is 38.1 Å². The fraction of sp³-hybridized carbons (Fsp3) is 0.500. The molecule has 1 aromatic carbocycles. The fourth-order valence-corrected chi connectivity index (χ4v) is 2.19. The molecule has 0 saturated heterocycles. The zero-order valence-corrected chi connectivity index (χ0v) is 14.6. The summed E-state index contributed by atoms with van der Waals surface area (Å²) in [7, 11) is 0. The average molecular weight is 334 g/mol. The Morgan fingerprint density at radius 3 is 2.33 bits per heavy atom. The number of rotatable bonds is 9. The first kappa shape index (κ1) is 19.7. The molecule has 0 unspecified atom stereocenters. The summed E-state index contributed by atoms with van der Waals surface area (Å²) in [4.78, 5) is 34.9. The van der Waals surface area contributed by atoms with Crippen molar-refractivity contribution in [3.05, 3.63) is 29.8 Å². The molecule has 0 aliphatic rings. The van der Waals surface area contributed by atoms with Crippen molar-refractivity contribution in [1.82, 2.24) is 5.32 Å². The molecule has 1 atom stereocenters. The van der Waals surface area contributed by atoms with E-state index in [4.69, 9.17) is 4.74 Å². The second-order valence-corrected chi connectivity index (χ2v) is 5.65. The van der Waals surface area contributed by atoms with Gasteiger partial charge in [0.1, 0.15) is 0 Å². The number of anilines is 1. The summed E-state index contributed by atoms with van der Waals surface area (Å²) < 4.78 is 4.85. The van der Waals surface area contributed by atoms with Gasteiger partial charge in [-0.25, -0.2) is 0 Å². The van der Waals surface area contributed by atoms with E-state index in [0.29, 0.717) is 18.7 Å². The third kappa shape index (κ3) is 7.76. The molecule has 0 spiro atoms. The van der Waals surface area contributed by atoms with Gasteiger partial charge in [-0.1, -0.05) is 19.1 Å². The lowest BCUT2D eigenvalue weighted by molar-refractivity contribution is -0.143. The smallest absolute Gasteiger partial charge is 0.307 e. The predicted molar refractivity (Wildman–Crippen MR) is 92.5 cm³/mol. The lowest BCUT2D eigenvalue weighted by atomic mass is 10.1. The van der Waals surface area contributed by atoms with E-state index >= 15 is 0 Å². The summed E-state index contributed by atoms with van der Waals surface area (Å²) in [6.07, 6.45) is 1.66. The molecule has 0 fully saturated rings. The lowest BCUT2D eigenvalue weighted by Crippen LogP contribution is -2.35. The minimum Gasteiger partial charge on any atom is -0.466 e. The van der Waals surface area contributed by atoms with Gasteiger partial charge in [-0.15, -0.1) is 0 Å². The van der Waals surface area contributed by atoms with Gasteiger partial charge in [0.25, 0.3) is 0 Å². The highest BCUT2D eigenvalue weighted by atomic mass is 16.5. The van der Waals surface area contributed by atoms with Crippen LogP contribution >= 0.6 is 0 Å². The van der Waals surface area contributed by atoms with Crippen LogP contribution in [0.25, 0.3) is 0 Å². The number of benzene rings is 1. The number of nitrogens with one attached hydrogen (secondary N) is 2. The Balaban J connectivity index is 2.44. The Morgan fingerprint density at radius 1 is 1.08 bits per heavy atom. The van der Waals surface area contributed by atoms with Crippen molar-refractivity contribution in [1.29, 1.82) is 0 Å². The Bertz CT molecular complexity index is 555. The molecular formula is C18H26N2O4.